The van der Waals surface area contributed by atoms with Gasteiger partial charge in [0.2, 0.25) is 0 Å². The van der Waals surface area contributed by atoms with E-state index in [-0.39, 0.29) is 5.75 Å². The van der Waals surface area contributed by atoms with E-state index in [1.54, 1.807) is 12.1 Å². The summed E-state index contributed by atoms with van der Waals surface area (Å²) in [6.45, 7) is 5.08. The highest BCUT2D eigenvalue weighted by atomic mass is 19.4. The summed E-state index contributed by atoms with van der Waals surface area (Å²) in [5.41, 5.74) is 2.61. The summed E-state index contributed by atoms with van der Waals surface area (Å²) in [5.74, 6) is 2.20. The molecule has 4 heterocycles. The molecule has 2 aliphatic rings. The Balaban J connectivity index is 0.000000151. The predicted molar refractivity (Wildman–Crippen MR) is 126 cm³/mol. The van der Waals surface area contributed by atoms with Crippen LogP contribution >= 0.6 is 0 Å². The first-order valence-corrected chi connectivity index (χ1v) is 11.1. The van der Waals surface area contributed by atoms with Gasteiger partial charge in [-0.25, -0.2) is 9.99 Å². The second-order valence-electron chi connectivity index (χ2n) is 8.19. The molecule has 35 heavy (non-hydrogen) atoms. The monoisotopic (exact) mass is 484 g/mol. The molecule has 0 saturated carbocycles. The number of hydrazine groups is 1. The zero-order valence-electron chi connectivity index (χ0n) is 19.2. The SMILES string of the molecule is CN1CCN1c1ccc2cc(OC(F)(F)F)ccc2n1.Cc1ccc2c3c(ccc2n1)OCCO3. The number of likely N-dealkylation sites (N-methyl/N-ethyl adjacent to an activating group) is 1. The van der Waals surface area contributed by atoms with E-state index in [4.69, 9.17) is 9.47 Å². The summed E-state index contributed by atoms with van der Waals surface area (Å²) in [6.07, 6.45) is -4.68. The fourth-order valence-electron chi connectivity index (χ4n) is 3.94. The predicted octanol–water partition coefficient (Wildman–Crippen LogP) is 5.11. The van der Waals surface area contributed by atoms with Crippen molar-refractivity contribution in [3.05, 3.63) is 60.3 Å². The molecule has 7 nitrogen and oxygen atoms in total. The van der Waals surface area contributed by atoms with E-state index in [0.29, 0.717) is 24.1 Å². The third-order valence-corrected chi connectivity index (χ3v) is 5.70. The number of anilines is 1. The van der Waals surface area contributed by atoms with E-state index >= 15 is 0 Å². The summed E-state index contributed by atoms with van der Waals surface area (Å²) in [5, 5.41) is 5.66. The van der Waals surface area contributed by atoms with Gasteiger partial charge in [0.1, 0.15) is 24.8 Å². The lowest BCUT2D eigenvalue weighted by Crippen LogP contribution is -2.55. The van der Waals surface area contributed by atoms with E-state index < -0.39 is 6.36 Å². The van der Waals surface area contributed by atoms with Crippen molar-refractivity contribution < 1.29 is 27.4 Å². The Labute approximate surface area is 199 Å². The number of halogens is 3. The van der Waals surface area contributed by atoms with Gasteiger partial charge >= 0.3 is 6.36 Å². The van der Waals surface area contributed by atoms with Crippen LogP contribution < -0.4 is 19.2 Å². The number of alkyl halides is 3. The van der Waals surface area contributed by atoms with E-state index in [1.165, 1.54) is 18.2 Å². The molecule has 0 amide bonds. The van der Waals surface area contributed by atoms with Gasteiger partial charge in [-0.15, -0.1) is 13.2 Å². The Bertz CT molecular complexity index is 1380. The van der Waals surface area contributed by atoms with E-state index in [0.717, 1.165) is 47.0 Å². The zero-order valence-corrected chi connectivity index (χ0v) is 19.2. The lowest BCUT2D eigenvalue weighted by molar-refractivity contribution is -0.274. The van der Waals surface area contributed by atoms with Crippen LogP contribution in [0.1, 0.15) is 5.69 Å². The molecule has 1 saturated heterocycles. The van der Waals surface area contributed by atoms with E-state index in [2.05, 4.69) is 14.7 Å². The summed E-state index contributed by atoms with van der Waals surface area (Å²) < 4.78 is 51.5. The molecule has 4 aromatic rings. The average molecular weight is 484 g/mol. The average Bonchev–Trinajstić information content (AvgIpc) is 2.82. The van der Waals surface area contributed by atoms with Crippen molar-refractivity contribution >= 4 is 27.6 Å². The standard InChI is InChI=1S/C13H12F3N3O.C12H11NO2/c1-18-6-7-19(18)12-5-2-9-8-10(20-13(14,15)16)3-4-11(9)17-12;1-8-2-3-9-10(13-8)4-5-11-12(9)15-7-6-14-11/h2-5,8H,6-7H2,1H3;2-5H,6-7H2,1H3. The molecule has 0 atom stereocenters. The molecule has 0 radical (unpaired) electrons. The molecule has 182 valence electrons. The van der Waals surface area contributed by atoms with Gasteiger partial charge < -0.3 is 14.2 Å². The van der Waals surface area contributed by atoms with Crippen LogP contribution in [0.2, 0.25) is 0 Å². The Morgan fingerprint density at radius 2 is 1.69 bits per heavy atom. The summed E-state index contributed by atoms with van der Waals surface area (Å²) >= 11 is 0. The van der Waals surface area contributed by atoms with E-state index in [1.807, 2.05) is 48.3 Å². The molecule has 10 heteroatoms. The number of benzene rings is 2. The highest BCUT2D eigenvalue weighted by Gasteiger charge is 2.31. The van der Waals surface area contributed by atoms with Gasteiger partial charge in [-0.3, -0.25) is 9.99 Å². The second-order valence-corrected chi connectivity index (χ2v) is 8.19. The largest absolute Gasteiger partial charge is 0.573 e. The number of fused-ring (bicyclic) bond motifs is 4. The fourth-order valence-corrected chi connectivity index (χ4v) is 3.94. The molecule has 0 bridgehead atoms. The molecule has 2 aromatic heterocycles. The summed E-state index contributed by atoms with van der Waals surface area (Å²) in [4.78, 5) is 8.88. The number of hydrogen-bond donors (Lipinski definition) is 0. The van der Waals surface area contributed by atoms with E-state index in [9.17, 15) is 13.2 Å². The second kappa shape index (κ2) is 9.10. The normalized spacial score (nSPS) is 15.4. The molecule has 0 aliphatic carbocycles. The maximum Gasteiger partial charge on any atom is 0.573 e. The van der Waals surface area contributed by atoms with Crippen LogP contribution in [0.25, 0.3) is 21.8 Å². The molecule has 2 aliphatic heterocycles. The smallest absolute Gasteiger partial charge is 0.486 e. The molecular formula is C25H23F3N4O3. The molecule has 2 aromatic carbocycles. The minimum absolute atomic E-state index is 0.236. The van der Waals surface area contributed by atoms with Crippen LogP contribution in [0.5, 0.6) is 17.2 Å². The van der Waals surface area contributed by atoms with Crippen molar-refractivity contribution in [2.45, 2.75) is 13.3 Å². The first-order valence-electron chi connectivity index (χ1n) is 11.1. The topological polar surface area (TPSA) is 60.0 Å². The number of pyridine rings is 2. The Morgan fingerprint density at radius 3 is 2.43 bits per heavy atom. The molecule has 6 rings (SSSR count). The van der Waals surface area contributed by atoms with Crippen LogP contribution in [0.15, 0.2) is 54.6 Å². The lowest BCUT2D eigenvalue weighted by Gasteiger charge is -2.42. The Morgan fingerprint density at radius 1 is 0.886 bits per heavy atom. The first-order chi connectivity index (χ1) is 16.8. The maximum atomic E-state index is 12.2. The minimum atomic E-state index is -4.68. The highest BCUT2D eigenvalue weighted by molar-refractivity contribution is 5.88. The van der Waals surface area contributed by atoms with Crippen LogP contribution in [0.3, 0.4) is 0 Å². The van der Waals surface area contributed by atoms with Crippen molar-refractivity contribution in [2.24, 2.45) is 0 Å². The summed E-state index contributed by atoms with van der Waals surface area (Å²) in [6, 6.07) is 15.6. The van der Waals surface area contributed by atoms with Crippen molar-refractivity contribution in [1.29, 1.82) is 0 Å². The number of aryl methyl sites for hydroxylation is 1. The van der Waals surface area contributed by atoms with Gasteiger partial charge in [-0.1, -0.05) is 0 Å². The van der Waals surface area contributed by atoms with Crippen LogP contribution in [-0.4, -0.2) is 54.7 Å². The Hall–Kier alpha value is -3.79. The zero-order chi connectivity index (χ0) is 24.6. The van der Waals surface area contributed by atoms with Gasteiger partial charge in [0, 0.05) is 30.1 Å². The number of aromatic nitrogens is 2. The van der Waals surface area contributed by atoms with Crippen molar-refractivity contribution in [3.63, 3.8) is 0 Å². The van der Waals surface area contributed by atoms with Crippen LogP contribution in [-0.2, 0) is 0 Å². The third-order valence-electron chi connectivity index (χ3n) is 5.70. The molecule has 0 N–H and O–H groups in total. The number of ether oxygens (including phenoxy) is 3. The number of nitrogens with zero attached hydrogens (tertiary/aromatic N) is 4. The molecule has 0 unspecified atom stereocenters. The third kappa shape index (κ3) is 5.02. The Kier molecular flexibility index (Phi) is 5.98. The van der Waals surface area contributed by atoms with Gasteiger partial charge in [-0.2, -0.15) is 0 Å². The molecular weight excluding hydrogens is 461 g/mol. The maximum absolute atomic E-state index is 12.2. The van der Waals surface area contributed by atoms with Crippen LogP contribution in [0, 0.1) is 6.92 Å². The van der Waals surface area contributed by atoms with Crippen molar-refractivity contribution in [2.75, 3.05) is 38.4 Å². The molecule has 1 fully saturated rings. The van der Waals surface area contributed by atoms with Crippen LogP contribution in [0.4, 0.5) is 19.0 Å². The van der Waals surface area contributed by atoms with Gasteiger partial charge in [0.25, 0.3) is 0 Å². The fraction of sp³-hybridized carbons (Fsp3) is 0.280. The minimum Gasteiger partial charge on any atom is -0.486 e. The molecule has 0 spiro atoms. The number of rotatable bonds is 2. The number of hydrogen-bond acceptors (Lipinski definition) is 7. The first kappa shape index (κ1) is 23.0. The van der Waals surface area contributed by atoms with Gasteiger partial charge in [-0.05, 0) is 61.5 Å². The lowest BCUT2D eigenvalue weighted by atomic mass is 10.1. The highest BCUT2D eigenvalue weighted by Crippen LogP contribution is 2.36. The quantitative estimate of drug-likeness (QED) is 0.392. The van der Waals surface area contributed by atoms with Crippen molar-refractivity contribution in [3.8, 4) is 17.2 Å². The van der Waals surface area contributed by atoms with Gasteiger partial charge in [0.15, 0.2) is 11.5 Å². The van der Waals surface area contributed by atoms with Crippen molar-refractivity contribution in [1.82, 2.24) is 15.0 Å². The summed E-state index contributed by atoms with van der Waals surface area (Å²) in [7, 11) is 1.95. The van der Waals surface area contributed by atoms with Gasteiger partial charge in [0.05, 0.1) is 17.6 Å².